The molecule has 1 saturated heterocycles. The highest BCUT2D eigenvalue weighted by molar-refractivity contribution is 9.10. The Morgan fingerprint density at radius 2 is 1.91 bits per heavy atom. The Labute approximate surface area is 136 Å². The Balaban J connectivity index is 2.28. The monoisotopic (exact) mass is 393 g/mol. The van der Waals surface area contributed by atoms with Crippen LogP contribution in [0, 0.1) is 10.1 Å². The van der Waals surface area contributed by atoms with Gasteiger partial charge in [-0.1, -0.05) is 15.9 Å². The van der Waals surface area contributed by atoms with Crippen LogP contribution in [0.3, 0.4) is 0 Å². The Morgan fingerprint density at radius 3 is 2.45 bits per heavy atom. The summed E-state index contributed by atoms with van der Waals surface area (Å²) in [5.74, 6) is 0. The summed E-state index contributed by atoms with van der Waals surface area (Å²) in [5.41, 5.74) is -0.430. The van der Waals surface area contributed by atoms with E-state index in [0.29, 0.717) is 24.1 Å². The number of rotatable bonds is 5. The maximum atomic E-state index is 12.7. The number of aliphatic hydroxyl groups is 1. The third-order valence-corrected chi connectivity index (χ3v) is 5.90. The van der Waals surface area contributed by atoms with Crippen molar-refractivity contribution in [3.05, 3.63) is 32.8 Å². The molecule has 10 heteroatoms. The molecule has 0 radical (unpaired) electrons. The molecule has 0 unspecified atom stereocenters. The minimum atomic E-state index is -3.93. The number of β-amino-alcohol motifs (C(OH)–C–C–N with tert-alkyl or cyclic N) is 1. The van der Waals surface area contributed by atoms with E-state index in [4.69, 9.17) is 5.11 Å². The van der Waals surface area contributed by atoms with Crippen LogP contribution in [0.2, 0.25) is 0 Å². The number of benzene rings is 1. The zero-order chi connectivity index (χ0) is 16.3. The Bertz CT molecular complexity index is 659. The average molecular weight is 394 g/mol. The summed E-state index contributed by atoms with van der Waals surface area (Å²) < 4.78 is 27.0. The Kier molecular flexibility index (Phi) is 5.50. The van der Waals surface area contributed by atoms with E-state index in [-0.39, 0.29) is 24.6 Å². The zero-order valence-electron chi connectivity index (χ0n) is 11.7. The number of halogens is 1. The van der Waals surface area contributed by atoms with Gasteiger partial charge in [0.1, 0.15) is 0 Å². The van der Waals surface area contributed by atoms with Crippen LogP contribution in [-0.4, -0.2) is 67.0 Å². The van der Waals surface area contributed by atoms with Crippen molar-refractivity contribution < 1.29 is 18.4 Å². The van der Waals surface area contributed by atoms with E-state index in [0.717, 1.165) is 0 Å². The molecule has 1 aliphatic rings. The van der Waals surface area contributed by atoms with Crippen LogP contribution in [0.1, 0.15) is 0 Å². The van der Waals surface area contributed by atoms with Crippen LogP contribution in [0.4, 0.5) is 5.69 Å². The predicted octanol–water partition coefficient (Wildman–Crippen LogP) is 0.656. The maximum Gasteiger partial charge on any atom is 0.289 e. The average Bonchev–Trinajstić information content (AvgIpc) is 2.47. The number of nitrogens with zero attached hydrogens (tertiary/aromatic N) is 3. The second kappa shape index (κ2) is 7.01. The van der Waals surface area contributed by atoms with E-state index >= 15 is 0 Å². The second-order valence-corrected chi connectivity index (χ2v) is 7.66. The molecule has 0 aliphatic carbocycles. The molecule has 1 heterocycles. The van der Waals surface area contributed by atoms with Crippen molar-refractivity contribution in [2.75, 3.05) is 39.3 Å². The lowest BCUT2D eigenvalue weighted by Gasteiger charge is -2.33. The summed E-state index contributed by atoms with van der Waals surface area (Å²) in [5, 5.41) is 20.0. The topological polar surface area (TPSA) is 104 Å². The van der Waals surface area contributed by atoms with Gasteiger partial charge in [0, 0.05) is 43.3 Å². The smallest absolute Gasteiger partial charge is 0.289 e. The molecule has 0 bridgehead atoms. The van der Waals surface area contributed by atoms with Crippen molar-refractivity contribution in [3.8, 4) is 0 Å². The molecule has 0 saturated carbocycles. The maximum absolute atomic E-state index is 12.7. The van der Waals surface area contributed by atoms with E-state index in [2.05, 4.69) is 15.9 Å². The van der Waals surface area contributed by atoms with Crippen molar-refractivity contribution in [1.82, 2.24) is 9.21 Å². The molecule has 1 aromatic rings. The molecular weight excluding hydrogens is 378 g/mol. The van der Waals surface area contributed by atoms with Crippen LogP contribution in [0.15, 0.2) is 27.6 Å². The van der Waals surface area contributed by atoms with Crippen LogP contribution in [0.25, 0.3) is 0 Å². The molecule has 8 nitrogen and oxygen atoms in total. The molecule has 0 atom stereocenters. The predicted molar refractivity (Wildman–Crippen MR) is 83.1 cm³/mol. The highest BCUT2D eigenvalue weighted by atomic mass is 79.9. The van der Waals surface area contributed by atoms with Crippen LogP contribution in [-0.2, 0) is 10.0 Å². The third kappa shape index (κ3) is 3.63. The quantitative estimate of drug-likeness (QED) is 0.581. The summed E-state index contributed by atoms with van der Waals surface area (Å²) >= 11 is 3.15. The largest absolute Gasteiger partial charge is 0.395 e. The van der Waals surface area contributed by atoms with E-state index in [1.54, 1.807) is 0 Å². The van der Waals surface area contributed by atoms with Gasteiger partial charge in [-0.2, -0.15) is 4.31 Å². The minimum absolute atomic E-state index is 0.0177. The minimum Gasteiger partial charge on any atom is -0.395 e. The first-order valence-corrected chi connectivity index (χ1v) is 8.87. The van der Waals surface area contributed by atoms with Gasteiger partial charge in [-0.05, 0) is 12.1 Å². The molecule has 1 aromatic carbocycles. The summed E-state index contributed by atoms with van der Waals surface area (Å²) in [6.07, 6.45) is 0. The standard InChI is InChI=1S/C12H16BrN3O5S/c13-10-1-2-11(16(18)19)12(9-10)22(20,21)15-5-3-14(4-6-15)7-8-17/h1-2,9,17H,3-8H2. The van der Waals surface area contributed by atoms with Crippen molar-refractivity contribution in [3.63, 3.8) is 0 Å². The first-order valence-electron chi connectivity index (χ1n) is 6.63. The molecule has 0 amide bonds. The van der Waals surface area contributed by atoms with E-state index in [1.165, 1.54) is 22.5 Å². The van der Waals surface area contributed by atoms with Gasteiger partial charge in [0.05, 0.1) is 11.5 Å². The van der Waals surface area contributed by atoms with Gasteiger partial charge in [-0.25, -0.2) is 8.42 Å². The molecule has 122 valence electrons. The summed E-state index contributed by atoms with van der Waals surface area (Å²) in [6.45, 7) is 1.97. The fourth-order valence-electron chi connectivity index (χ4n) is 2.32. The molecule has 0 spiro atoms. The van der Waals surface area contributed by atoms with Gasteiger partial charge in [0.15, 0.2) is 4.90 Å². The normalized spacial score (nSPS) is 17.5. The lowest BCUT2D eigenvalue weighted by atomic mass is 10.3. The first-order chi connectivity index (χ1) is 10.4. The van der Waals surface area contributed by atoms with Gasteiger partial charge in [-0.3, -0.25) is 15.0 Å². The number of aliphatic hydroxyl groups excluding tert-OH is 1. The number of nitro groups is 1. The van der Waals surface area contributed by atoms with Crippen LogP contribution in [0.5, 0.6) is 0 Å². The van der Waals surface area contributed by atoms with Crippen molar-refractivity contribution in [2.24, 2.45) is 0 Å². The third-order valence-electron chi connectivity index (χ3n) is 3.48. The molecule has 1 aliphatic heterocycles. The van der Waals surface area contributed by atoms with E-state index < -0.39 is 20.6 Å². The van der Waals surface area contributed by atoms with E-state index in [9.17, 15) is 18.5 Å². The zero-order valence-corrected chi connectivity index (χ0v) is 14.1. The number of hydrogen-bond donors (Lipinski definition) is 1. The van der Waals surface area contributed by atoms with Crippen molar-refractivity contribution in [1.29, 1.82) is 0 Å². The number of hydrogen-bond acceptors (Lipinski definition) is 6. The Morgan fingerprint density at radius 1 is 1.27 bits per heavy atom. The van der Waals surface area contributed by atoms with Gasteiger partial charge in [0.25, 0.3) is 5.69 Å². The fourth-order valence-corrected chi connectivity index (χ4v) is 4.44. The number of nitro benzene ring substituents is 1. The van der Waals surface area contributed by atoms with Crippen LogP contribution >= 0.6 is 15.9 Å². The molecular formula is C12H16BrN3O5S. The van der Waals surface area contributed by atoms with Gasteiger partial charge in [0.2, 0.25) is 10.0 Å². The molecule has 1 fully saturated rings. The number of sulfonamides is 1. The lowest BCUT2D eigenvalue weighted by Crippen LogP contribution is -2.49. The number of piperazine rings is 1. The Hall–Kier alpha value is -1.07. The SMILES string of the molecule is O=[N+]([O-])c1ccc(Br)cc1S(=O)(=O)N1CCN(CCO)CC1. The van der Waals surface area contributed by atoms with Crippen molar-refractivity contribution >= 4 is 31.6 Å². The van der Waals surface area contributed by atoms with Gasteiger partial charge in [-0.15, -0.1) is 0 Å². The van der Waals surface area contributed by atoms with Crippen LogP contribution < -0.4 is 0 Å². The van der Waals surface area contributed by atoms with Gasteiger partial charge < -0.3 is 5.11 Å². The lowest BCUT2D eigenvalue weighted by molar-refractivity contribution is -0.387. The summed E-state index contributed by atoms with van der Waals surface area (Å²) in [4.78, 5) is 12.0. The first kappa shape index (κ1) is 17.3. The van der Waals surface area contributed by atoms with Gasteiger partial charge >= 0.3 is 0 Å². The fraction of sp³-hybridized carbons (Fsp3) is 0.500. The molecule has 22 heavy (non-hydrogen) atoms. The highest BCUT2D eigenvalue weighted by Crippen LogP contribution is 2.30. The second-order valence-electron chi connectivity index (χ2n) is 4.84. The van der Waals surface area contributed by atoms with E-state index in [1.807, 2.05) is 4.90 Å². The summed E-state index contributed by atoms with van der Waals surface area (Å²) in [7, 11) is -3.93. The highest BCUT2D eigenvalue weighted by Gasteiger charge is 2.33. The molecule has 0 aromatic heterocycles. The molecule has 2 rings (SSSR count). The molecule has 1 N–H and O–H groups in total. The summed E-state index contributed by atoms with van der Waals surface area (Å²) in [6, 6.07) is 3.88. The van der Waals surface area contributed by atoms with Crippen molar-refractivity contribution in [2.45, 2.75) is 4.90 Å².